The number of nitrogens with two attached hydrogens (primary N) is 1. The van der Waals surface area contributed by atoms with Crippen LogP contribution < -0.4 is 21.1 Å². The van der Waals surface area contributed by atoms with Crippen LogP contribution in [0.2, 0.25) is 0 Å². The van der Waals surface area contributed by atoms with Gasteiger partial charge in [-0.05, 0) is 62.7 Å². The van der Waals surface area contributed by atoms with Crippen LogP contribution >= 0.6 is 0 Å². The standard InChI is InChI=1S/C22H28N6O3/c1-31-20-13-16(7-9-24-20)18(14-23)22(30)27-19-6-5-17(15-26-19)21(29)25-8-4-12-28-10-2-3-11-28/h5-7,9,13-15H,2-4,8,10-12,23H2,1H3,(H,25,29)(H,26,27,30). The predicted octanol–water partition coefficient (Wildman–Crippen LogP) is 1.64. The molecule has 9 heteroatoms. The second-order valence-electron chi connectivity index (χ2n) is 7.21. The zero-order valence-electron chi connectivity index (χ0n) is 17.6. The molecule has 1 aliphatic heterocycles. The van der Waals surface area contributed by atoms with Gasteiger partial charge < -0.3 is 26.0 Å². The third kappa shape index (κ3) is 6.26. The van der Waals surface area contributed by atoms with Gasteiger partial charge in [-0.1, -0.05) is 0 Å². The van der Waals surface area contributed by atoms with E-state index in [1.54, 1.807) is 24.3 Å². The molecule has 2 aromatic rings. The Labute approximate surface area is 181 Å². The Morgan fingerprint density at radius 2 is 2.00 bits per heavy atom. The minimum atomic E-state index is -0.428. The molecule has 4 N–H and O–H groups in total. The molecular formula is C22H28N6O3. The maximum absolute atomic E-state index is 12.6. The molecule has 2 amide bonds. The lowest BCUT2D eigenvalue weighted by Gasteiger charge is -2.14. The van der Waals surface area contributed by atoms with Gasteiger partial charge in [-0.2, -0.15) is 0 Å². The third-order valence-corrected chi connectivity index (χ3v) is 5.07. The van der Waals surface area contributed by atoms with E-state index in [-0.39, 0.29) is 11.5 Å². The zero-order chi connectivity index (χ0) is 22.1. The maximum Gasteiger partial charge on any atom is 0.258 e. The highest BCUT2D eigenvalue weighted by Crippen LogP contribution is 2.19. The number of nitrogens with one attached hydrogen (secondary N) is 2. The highest BCUT2D eigenvalue weighted by atomic mass is 16.5. The fourth-order valence-electron chi connectivity index (χ4n) is 3.39. The van der Waals surface area contributed by atoms with Crippen LogP contribution in [0.1, 0.15) is 35.2 Å². The Morgan fingerprint density at radius 3 is 2.68 bits per heavy atom. The molecule has 3 heterocycles. The smallest absolute Gasteiger partial charge is 0.258 e. The topological polar surface area (TPSA) is 122 Å². The fraction of sp³-hybridized carbons (Fsp3) is 0.364. The Bertz CT molecular complexity index is 923. The molecule has 0 spiro atoms. The maximum atomic E-state index is 12.6. The van der Waals surface area contributed by atoms with Crippen LogP contribution in [0.25, 0.3) is 5.57 Å². The van der Waals surface area contributed by atoms with E-state index in [9.17, 15) is 9.59 Å². The van der Waals surface area contributed by atoms with Crippen LogP contribution in [0.15, 0.2) is 42.9 Å². The van der Waals surface area contributed by atoms with Gasteiger partial charge in [-0.25, -0.2) is 9.97 Å². The molecule has 3 rings (SSSR count). The van der Waals surface area contributed by atoms with Crippen molar-refractivity contribution >= 4 is 23.2 Å². The van der Waals surface area contributed by atoms with Crippen molar-refractivity contribution in [2.24, 2.45) is 5.73 Å². The summed E-state index contributed by atoms with van der Waals surface area (Å²) >= 11 is 0. The Hall–Kier alpha value is -3.46. The monoisotopic (exact) mass is 424 g/mol. The first kappa shape index (κ1) is 22.2. The highest BCUT2D eigenvalue weighted by Gasteiger charge is 2.15. The Balaban J connectivity index is 1.51. The van der Waals surface area contributed by atoms with Crippen molar-refractivity contribution in [2.45, 2.75) is 19.3 Å². The van der Waals surface area contributed by atoms with Crippen molar-refractivity contribution < 1.29 is 14.3 Å². The first-order chi connectivity index (χ1) is 15.1. The largest absolute Gasteiger partial charge is 0.481 e. The van der Waals surface area contributed by atoms with Crippen LogP contribution in [0.4, 0.5) is 5.82 Å². The van der Waals surface area contributed by atoms with Crippen LogP contribution in [0.3, 0.4) is 0 Å². The van der Waals surface area contributed by atoms with Crippen molar-refractivity contribution in [1.29, 1.82) is 0 Å². The van der Waals surface area contributed by atoms with Crippen LogP contribution in [0.5, 0.6) is 5.88 Å². The summed E-state index contributed by atoms with van der Waals surface area (Å²) in [6.45, 7) is 3.93. The molecule has 0 aromatic carbocycles. The van der Waals surface area contributed by atoms with Gasteiger partial charge >= 0.3 is 0 Å². The van der Waals surface area contributed by atoms with E-state index in [0.717, 1.165) is 26.1 Å². The number of pyridine rings is 2. The summed E-state index contributed by atoms with van der Waals surface area (Å²) in [5.41, 5.74) is 6.91. The number of hydrogen-bond acceptors (Lipinski definition) is 7. The number of likely N-dealkylation sites (tertiary alicyclic amines) is 1. The number of amides is 2. The van der Waals surface area contributed by atoms with Crippen molar-refractivity contribution in [3.8, 4) is 5.88 Å². The minimum absolute atomic E-state index is 0.182. The van der Waals surface area contributed by atoms with Crippen molar-refractivity contribution in [1.82, 2.24) is 20.2 Å². The fourth-order valence-corrected chi connectivity index (χ4v) is 3.39. The number of anilines is 1. The Morgan fingerprint density at radius 1 is 1.19 bits per heavy atom. The van der Waals surface area contributed by atoms with Crippen LogP contribution in [-0.2, 0) is 4.79 Å². The molecule has 0 bridgehead atoms. The average Bonchev–Trinajstić information content (AvgIpc) is 3.31. The molecule has 9 nitrogen and oxygen atoms in total. The molecule has 31 heavy (non-hydrogen) atoms. The van der Waals surface area contributed by atoms with Crippen molar-refractivity contribution in [3.63, 3.8) is 0 Å². The van der Waals surface area contributed by atoms with Crippen LogP contribution in [0, 0.1) is 0 Å². The highest BCUT2D eigenvalue weighted by molar-refractivity contribution is 6.25. The SMILES string of the molecule is COc1cc(C(=CN)C(=O)Nc2ccc(C(=O)NCCCN3CCCC3)cn2)ccn1. The second kappa shape index (κ2) is 11.1. The normalized spacial score (nSPS) is 14.3. The number of methoxy groups -OCH3 is 1. The molecule has 0 unspecified atom stereocenters. The van der Waals surface area contributed by atoms with Crippen LogP contribution in [-0.4, -0.2) is 60.0 Å². The molecule has 0 atom stereocenters. The lowest BCUT2D eigenvalue weighted by Crippen LogP contribution is -2.28. The van der Waals surface area contributed by atoms with E-state index in [0.29, 0.717) is 29.4 Å². The van der Waals surface area contributed by atoms with Gasteiger partial charge in [-0.3, -0.25) is 9.59 Å². The van der Waals surface area contributed by atoms with Gasteiger partial charge in [0.1, 0.15) is 5.82 Å². The van der Waals surface area contributed by atoms with Crippen molar-refractivity contribution in [2.75, 3.05) is 38.6 Å². The molecule has 164 valence electrons. The quantitative estimate of drug-likeness (QED) is 0.413. The number of carbonyl (C=O) groups excluding carboxylic acids is 2. The lowest BCUT2D eigenvalue weighted by molar-refractivity contribution is -0.111. The summed E-state index contributed by atoms with van der Waals surface area (Å²) in [4.78, 5) is 35.5. The van der Waals surface area contributed by atoms with Gasteiger partial charge in [0.25, 0.3) is 11.8 Å². The number of carbonyl (C=O) groups is 2. The third-order valence-electron chi connectivity index (χ3n) is 5.07. The van der Waals surface area contributed by atoms with Crippen molar-refractivity contribution in [3.05, 3.63) is 54.0 Å². The van der Waals surface area contributed by atoms with E-state index in [1.165, 1.54) is 38.5 Å². The summed E-state index contributed by atoms with van der Waals surface area (Å²) in [6, 6.07) is 6.48. The van der Waals surface area contributed by atoms with Gasteiger partial charge in [0, 0.05) is 31.2 Å². The van der Waals surface area contributed by atoms with Gasteiger partial charge in [-0.15, -0.1) is 0 Å². The molecule has 0 saturated carbocycles. The predicted molar refractivity (Wildman–Crippen MR) is 118 cm³/mol. The van der Waals surface area contributed by atoms with E-state index >= 15 is 0 Å². The van der Waals surface area contributed by atoms with E-state index in [4.69, 9.17) is 10.5 Å². The van der Waals surface area contributed by atoms with E-state index in [2.05, 4.69) is 25.5 Å². The molecule has 2 aromatic heterocycles. The second-order valence-corrected chi connectivity index (χ2v) is 7.21. The molecule has 1 aliphatic rings. The summed E-state index contributed by atoms with van der Waals surface area (Å²) in [5, 5.41) is 5.59. The minimum Gasteiger partial charge on any atom is -0.481 e. The first-order valence-corrected chi connectivity index (χ1v) is 10.3. The molecule has 0 aliphatic carbocycles. The molecule has 1 saturated heterocycles. The number of nitrogens with zero attached hydrogens (tertiary/aromatic N) is 3. The first-order valence-electron chi connectivity index (χ1n) is 10.3. The number of ether oxygens (including phenoxy) is 1. The number of aromatic nitrogens is 2. The molecule has 1 fully saturated rings. The summed E-state index contributed by atoms with van der Waals surface area (Å²) in [5.74, 6) is 0.0788. The summed E-state index contributed by atoms with van der Waals surface area (Å²) in [7, 11) is 1.49. The zero-order valence-corrected chi connectivity index (χ0v) is 17.6. The Kier molecular flexibility index (Phi) is 7.94. The number of rotatable bonds is 9. The van der Waals surface area contributed by atoms with Gasteiger partial charge in [0.2, 0.25) is 5.88 Å². The number of hydrogen-bond donors (Lipinski definition) is 3. The molecular weight excluding hydrogens is 396 g/mol. The molecule has 0 radical (unpaired) electrons. The van der Waals surface area contributed by atoms with Gasteiger partial charge in [0.05, 0.1) is 18.2 Å². The van der Waals surface area contributed by atoms with Gasteiger partial charge in [0.15, 0.2) is 0 Å². The summed E-state index contributed by atoms with van der Waals surface area (Å²) in [6.07, 6.45) is 7.63. The van der Waals surface area contributed by atoms with E-state index < -0.39 is 5.91 Å². The summed E-state index contributed by atoms with van der Waals surface area (Å²) < 4.78 is 5.08. The average molecular weight is 425 g/mol. The lowest BCUT2D eigenvalue weighted by atomic mass is 10.1. The van der Waals surface area contributed by atoms with E-state index in [1.807, 2.05) is 0 Å².